The quantitative estimate of drug-likeness (QED) is 0.122. The Morgan fingerprint density at radius 3 is 2.16 bits per heavy atom. The summed E-state index contributed by atoms with van der Waals surface area (Å²) in [4.78, 5) is 20.2. The normalized spacial score (nSPS) is 10.7. The number of aromatic nitrogens is 4. The fourth-order valence-electron chi connectivity index (χ4n) is 4.26. The predicted molar refractivity (Wildman–Crippen MR) is 165 cm³/mol. The molecule has 0 saturated carbocycles. The van der Waals surface area contributed by atoms with Gasteiger partial charge in [-0.05, 0) is 71.8 Å². The molecule has 0 spiro atoms. The Balaban J connectivity index is 0.000000244. The minimum Gasteiger partial charge on any atom is -0.457 e. The second kappa shape index (κ2) is 14.1. The number of rotatable bonds is 6. The van der Waals surface area contributed by atoms with Crippen molar-refractivity contribution in [3.63, 3.8) is 0 Å². The number of nitrogen functional groups attached to an aromatic ring is 1. The molecule has 0 aliphatic carbocycles. The zero-order valence-corrected chi connectivity index (χ0v) is 24.6. The fourth-order valence-corrected chi connectivity index (χ4v) is 4.26. The number of hydrogen-bond acceptors (Lipinski definition) is 9. The van der Waals surface area contributed by atoms with Crippen molar-refractivity contribution in [3.05, 3.63) is 120 Å². The molecule has 0 unspecified atom stereocenters. The summed E-state index contributed by atoms with van der Waals surface area (Å²) in [6, 6.07) is 21.5. The lowest BCUT2D eigenvalue weighted by molar-refractivity contribution is -0.274. The number of aromatic amines is 1. The van der Waals surface area contributed by atoms with Crippen LogP contribution in [-0.2, 0) is 0 Å². The van der Waals surface area contributed by atoms with Crippen molar-refractivity contribution >= 4 is 28.2 Å². The Bertz CT molecular complexity index is 2260. The van der Waals surface area contributed by atoms with Crippen molar-refractivity contribution in [1.82, 2.24) is 20.2 Å². The molecule has 0 saturated heterocycles. The number of pyridine rings is 2. The first-order valence-corrected chi connectivity index (χ1v) is 13.7. The van der Waals surface area contributed by atoms with Crippen molar-refractivity contribution in [2.45, 2.75) is 6.36 Å². The minimum atomic E-state index is -4.90. The van der Waals surface area contributed by atoms with Gasteiger partial charge in [-0.1, -0.05) is 6.07 Å². The number of nitrogens with zero attached hydrogens (tertiary/aromatic N) is 5. The van der Waals surface area contributed by atoms with Gasteiger partial charge < -0.3 is 20.5 Å². The van der Waals surface area contributed by atoms with E-state index >= 15 is 0 Å². The van der Waals surface area contributed by atoms with Crippen molar-refractivity contribution < 1.29 is 36.2 Å². The molecule has 0 bridgehead atoms. The zero-order valence-electron chi connectivity index (χ0n) is 24.6. The van der Waals surface area contributed by atoms with E-state index in [0.717, 1.165) is 23.8 Å². The van der Waals surface area contributed by atoms with Crippen LogP contribution in [0.4, 0.5) is 33.3 Å². The molecule has 3 heterocycles. The number of amides is 1. The van der Waals surface area contributed by atoms with Gasteiger partial charge in [-0.2, -0.15) is 15.6 Å². The maximum atomic E-state index is 14.5. The Hall–Kier alpha value is -7.07. The molecule has 4 N–H and O–H groups in total. The number of fused-ring (bicyclic) bond motifs is 1. The van der Waals surface area contributed by atoms with Crippen LogP contribution in [0.3, 0.4) is 0 Å². The van der Waals surface area contributed by atoms with E-state index in [-0.39, 0.29) is 45.2 Å². The number of anilines is 2. The molecule has 49 heavy (non-hydrogen) atoms. The Labute approximate surface area is 273 Å². The van der Waals surface area contributed by atoms with Gasteiger partial charge in [-0.25, -0.2) is 18.7 Å². The van der Waals surface area contributed by atoms with Crippen molar-refractivity contribution in [2.24, 2.45) is 0 Å². The van der Waals surface area contributed by atoms with Gasteiger partial charge in [0, 0.05) is 29.9 Å². The summed E-state index contributed by atoms with van der Waals surface area (Å²) in [6.07, 6.45) is -2.03. The predicted octanol–water partition coefficient (Wildman–Crippen LogP) is 7.25. The molecule has 16 heteroatoms. The summed E-state index contributed by atoms with van der Waals surface area (Å²) in [5.74, 6) is -2.33. The molecule has 6 aromatic rings. The van der Waals surface area contributed by atoms with E-state index in [2.05, 4.69) is 30.2 Å². The van der Waals surface area contributed by atoms with Gasteiger partial charge in [0.2, 0.25) is 0 Å². The molecule has 3 aromatic heterocycles. The van der Waals surface area contributed by atoms with E-state index in [1.54, 1.807) is 18.2 Å². The van der Waals surface area contributed by atoms with Crippen LogP contribution in [0.2, 0.25) is 0 Å². The first-order chi connectivity index (χ1) is 23.4. The molecule has 0 aliphatic heterocycles. The molecule has 11 nitrogen and oxygen atoms in total. The topological polar surface area (TPSA) is 176 Å². The second-order valence-electron chi connectivity index (χ2n) is 9.79. The van der Waals surface area contributed by atoms with Gasteiger partial charge in [-0.3, -0.25) is 9.89 Å². The third-order valence-electron chi connectivity index (χ3n) is 6.46. The highest BCUT2D eigenvalue weighted by molar-refractivity contribution is 6.11. The standard InChI is InChI=1S/C21H11F4N5O3.C12H8FN3/c22-16-9-12(32-13-5-6-27-11(7-13)10-26)1-4-18(16)28-20(31)19-15-8-14(33-21(23,24)25)2-3-17(15)29-30-19;13-11-6-8(1-2-12(11)15)9-3-4-16-10(5-9)7-14/h1-9H,(H,28,31)(H,29,30);1-6H,15H2. The molecule has 0 atom stereocenters. The number of ether oxygens (including phenoxy) is 2. The fraction of sp³-hybridized carbons (Fsp3) is 0.0303. The van der Waals surface area contributed by atoms with E-state index in [9.17, 15) is 26.7 Å². The number of nitrogens with one attached hydrogen (secondary N) is 2. The summed E-state index contributed by atoms with van der Waals surface area (Å²) in [5, 5.41) is 26.3. The van der Waals surface area contributed by atoms with Gasteiger partial charge in [0.15, 0.2) is 5.69 Å². The van der Waals surface area contributed by atoms with E-state index < -0.39 is 29.7 Å². The average molecular weight is 671 g/mol. The first-order valence-electron chi connectivity index (χ1n) is 13.7. The molecular formula is C33H19F5N8O3. The number of carbonyl (C=O) groups excluding carboxylic acids is 1. The molecule has 0 fully saturated rings. The first kappa shape index (κ1) is 33.3. The second-order valence-corrected chi connectivity index (χ2v) is 9.79. The Morgan fingerprint density at radius 1 is 0.796 bits per heavy atom. The van der Waals surface area contributed by atoms with E-state index in [4.69, 9.17) is 21.0 Å². The van der Waals surface area contributed by atoms with Crippen LogP contribution >= 0.6 is 0 Å². The van der Waals surface area contributed by atoms with Crippen LogP contribution in [0.5, 0.6) is 17.2 Å². The van der Waals surface area contributed by atoms with Gasteiger partial charge in [0.05, 0.1) is 16.9 Å². The molecule has 244 valence electrons. The van der Waals surface area contributed by atoms with E-state index in [1.165, 1.54) is 54.9 Å². The smallest absolute Gasteiger partial charge is 0.457 e. The minimum absolute atomic E-state index is 0.0561. The highest BCUT2D eigenvalue weighted by atomic mass is 19.4. The van der Waals surface area contributed by atoms with Gasteiger partial charge in [-0.15, -0.1) is 13.2 Å². The maximum absolute atomic E-state index is 14.5. The van der Waals surface area contributed by atoms with Gasteiger partial charge in [0.1, 0.15) is 52.4 Å². The lowest BCUT2D eigenvalue weighted by atomic mass is 10.1. The van der Waals surface area contributed by atoms with Crippen molar-refractivity contribution in [1.29, 1.82) is 10.5 Å². The van der Waals surface area contributed by atoms with Crippen molar-refractivity contribution in [2.75, 3.05) is 11.1 Å². The number of benzene rings is 3. The summed E-state index contributed by atoms with van der Waals surface area (Å²) < 4.78 is 74.5. The number of nitriles is 2. The molecule has 3 aromatic carbocycles. The van der Waals surface area contributed by atoms with Crippen LogP contribution in [0.1, 0.15) is 21.9 Å². The summed E-state index contributed by atoms with van der Waals surface area (Å²) in [7, 11) is 0. The average Bonchev–Trinajstić information content (AvgIpc) is 3.50. The molecule has 6 rings (SSSR count). The molecule has 0 aliphatic rings. The Kier molecular flexibility index (Phi) is 9.61. The number of carbonyl (C=O) groups is 1. The van der Waals surface area contributed by atoms with Crippen molar-refractivity contribution in [3.8, 4) is 40.5 Å². The number of alkyl halides is 3. The SMILES string of the molecule is N#Cc1cc(-c2ccc(N)c(F)c2)ccn1.N#Cc1cc(Oc2ccc(NC(=O)c3n[nH]c4ccc(OC(F)(F)F)cc34)c(F)c2)ccn1. The monoisotopic (exact) mass is 670 g/mol. The lowest BCUT2D eigenvalue weighted by Gasteiger charge is -2.10. The summed E-state index contributed by atoms with van der Waals surface area (Å²) >= 11 is 0. The highest BCUT2D eigenvalue weighted by Crippen LogP contribution is 2.29. The number of halogens is 5. The summed E-state index contributed by atoms with van der Waals surface area (Å²) in [6.45, 7) is 0. The molecule has 0 radical (unpaired) electrons. The largest absolute Gasteiger partial charge is 0.573 e. The van der Waals surface area contributed by atoms with Gasteiger partial charge >= 0.3 is 6.36 Å². The van der Waals surface area contributed by atoms with Crippen LogP contribution in [0, 0.1) is 34.3 Å². The maximum Gasteiger partial charge on any atom is 0.573 e. The number of hydrogen-bond donors (Lipinski definition) is 3. The van der Waals surface area contributed by atoms with Crippen LogP contribution in [0.25, 0.3) is 22.0 Å². The van der Waals surface area contributed by atoms with E-state index in [0.29, 0.717) is 11.3 Å². The van der Waals surface area contributed by atoms with Crippen LogP contribution in [0.15, 0.2) is 91.3 Å². The highest BCUT2D eigenvalue weighted by Gasteiger charge is 2.31. The number of H-pyrrole nitrogens is 1. The summed E-state index contributed by atoms with van der Waals surface area (Å²) in [5.41, 5.74) is 7.15. The van der Waals surface area contributed by atoms with Gasteiger partial charge in [0.25, 0.3) is 5.91 Å². The lowest BCUT2D eigenvalue weighted by Crippen LogP contribution is -2.17. The third kappa shape index (κ3) is 8.40. The Morgan fingerprint density at radius 2 is 1.47 bits per heavy atom. The number of nitrogens with two attached hydrogens (primary N) is 1. The van der Waals surface area contributed by atoms with Crippen LogP contribution < -0.4 is 20.5 Å². The third-order valence-corrected chi connectivity index (χ3v) is 6.46. The van der Waals surface area contributed by atoms with Crippen LogP contribution in [-0.4, -0.2) is 32.4 Å². The zero-order chi connectivity index (χ0) is 35.1. The van der Waals surface area contributed by atoms with E-state index in [1.807, 2.05) is 12.1 Å². The molecular weight excluding hydrogens is 651 g/mol. The molecule has 1 amide bonds.